The smallest absolute Gasteiger partial charge is 0.307 e. The lowest BCUT2D eigenvalue weighted by atomic mass is 10.2. The second-order valence-corrected chi connectivity index (χ2v) is 3.92. The van der Waals surface area contributed by atoms with Gasteiger partial charge in [0.2, 0.25) is 5.91 Å². The van der Waals surface area contributed by atoms with Crippen LogP contribution in [0.3, 0.4) is 0 Å². The molecule has 0 aromatic rings. The Balaban J connectivity index is 2.53. The lowest BCUT2D eigenvalue weighted by Crippen LogP contribution is -2.42. The maximum Gasteiger partial charge on any atom is 0.307 e. The highest BCUT2D eigenvalue weighted by atomic mass is 16.4. The van der Waals surface area contributed by atoms with Gasteiger partial charge in [0.25, 0.3) is 0 Å². The summed E-state index contributed by atoms with van der Waals surface area (Å²) in [4.78, 5) is 22.2. The molecule has 1 heterocycles. The van der Waals surface area contributed by atoms with Gasteiger partial charge in [0.1, 0.15) is 0 Å². The van der Waals surface area contributed by atoms with Crippen LogP contribution in [0, 0.1) is 5.92 Å². The van der Waals surface area contributed by atoms with E-state index in [2.05, 4.69) is 0 Å². The number of rotatable bonds is 5. The number of carboxylic acid groups (broad SMARTS) is 1. The quantitative estimate of drug-likeness (QED) is 0.726. The van der Waals surface area contributed by atoms with E-state index in [1.165, 1.54) is 0 Å². The fourth-order valence-corrected chi connectivity index (χ4v) is 1.69. The predicted molar refractivity (Wildman–Crippen MR) is 55.0 cm³/mol. The molecule has 1 aliphatic heterocycles. The number of hydrogen-bond donors (Lipinski definition) is 1. The summed E-state index contributed by atoms with van der Waals surface area (Å²) in [5.41, 5.74) is 0. The molecular weight excluding hydrogens is 196 g/mol. The van der Waals surface area contributed by atoms with Crippen LogP contribution in [-0.2, 0) is 9.59 Å². The van der Waals surface area contributed by atoms with Crippen molar-refractivity contribution < 1.29 is 14.7 Å². The topological polar surface area (TPSA) is 60.9 Å². The third kappa shape index (κ3) is 2.92. The fraction of sp³-hybridized carbons (Fsp3) is 0.800. The zero-order valence-corrected chi connectivity index (χ0v) is 9.27. The van der Waals surface area contributed by atoms with Gasteiger partial charge < -0.3 is 5.11 Å². The molecule has 1 amide bonds. The van der Waals surface area contributed by atoms with Gasteiger partial charge in [-0.15, -0.1) is 0 Å². The Morgan fingerprint density at radius 2 is 2.27 bits per heavy atom. The minimum atomic E-state index is -0.814. The lowest BCUT2D eigenvalue weighted by Gasteiger charge is -2.28. The van der Waals surface area contributed by atoms with Crippen molar-refractivity contribution in [3.05, 3.63) is 0 Å². The first-order chi connectivity index (χ1) is 7.06. The van der Waals surface area contributed by atoms with Gasteiger partial charge in [0, 0.05) is 26.1 Å². The van der Waals surface area contributed by atoms with Crippen LogP contribution in [0.5, 0.6) is 0 Å². The molecule has 1 atom stereocenters. The van der Waals surface area contributed by atoms with Crippen molar-refractivity contribution in [1.82, 2.24) is 10.0 Å². The zero-order chi connectivity index (χ0) is 11.4. The molecule has 15 heavy (non-hydrogen) atoms. The highest BCUT2D eigenvalue weighted by Gasteiger charge is 2.30. The molecule has 1 fully saturated rings. The van der Waals surface area contributed by atoms with E-state index < -0.39 is 11.9 Å². The molecule has 1 saturated heterocycles. The van der Waals surface area contributed by atoms with E-state index in [0.717, 1.165) is 6.42 Å². The molecule has 1 aliphatic rings. The van der Waals surface area contributed by atoms with Crippen LogP contribution in [0.1, 0.15) is 26.7 Å². The molecule has 0 spiro atoms. The van der Waals surface area contributed by atoms with Gasteiger partial charge in [-0.1, -0.05) is 13.8 Å². The third-order valence-electron chi connectivity index (χ3n) is 2.55. The average molecular weight is 214 g/mol. The number of carbonyl (C=O) groups excluding carboxylic acids is 1. The van der Waals surface area contributed by atoms with Crippen molar-refractivity contribution in [3.63, 3.8) is 0 Å². The highest BCUT2D eigenvalue weighted by Crippen LogP contribution is 2.14. The van der Waals surface area contributed by atoms with Gasteiger partial charge in [-0.25, -0.2) is 5.01 Å². The van der Waals surface area contributed by atoms with E-state index in [-0.39, 0.29) is 5.91 Å². The van der Waals surface area contributed by atoms with Crippen LogP contribution in [0.25, 0.3) is 0 Å². The summed E-state index contributed by atoms with van der Waals surface area (Å²) in [5, 5.41) is 12.3. The summed E-state index contributed by atoms with van der Waals surface area (Å²) < 4.78 is 0. The third-order valence-corrected chi connectivity index (χ3v) is 2.55. The number of nitrogens with zero attached hydrogens (tertiary/aromatic N) is 2. The first kappa shape index (κ1) is 12.0. The summed E-state index contributed by atoms with van der Waals surface area (Å²) in [6.07, 6.45) is 1.40. The molecule has 5 nitrogen and oxygen atoms in total. The summed E-state index contributed by atoms with van der Waals surface area (Å²) in [7, 11) is 0. The number of hydrazine groups is 1. The maximum atomic E-state index is 11.5. The fourth-order valence-electron chi connectivity index (χ4n) is 1.69. The summed E-state index contributed by atoms with van der Waals surface area (Å²) >= 11 is 0. The second-order valence-electron chi connectivity index (χ2n) is 3.92. The van der Waals surface area contributed by atoms with Gasteiger partial charge in [-0.05, 0) is 6.42 Å². The van der Waals surface area contributed by atoms with E-state index in [0.29, 0.717) is 26.1 Å². The first-order valence-electron chi connectivity index (χ1n) is 5.34. The van der Waals surface area contributed by atoms with E-state index in [9.17, 15) is 9.59 Å². The van der Waals surface area contributed by atoms with Gasteiger partial charge >= 0.3 is 5.97 Å². The summed E-state index contributed by atoms with van der Waals surface area (Å²) in [6.45, 7) is 5.42. The Bertz CT molecular complexity index is 255. The zero-order valence-electron chi connectivity index (χ0n) is 9.27. The first-order valence-corrected chi connectivity index (χ1v) is 5.34. The normalized spacial score (nSPS) is 19.6. The van der Waals surface area contributed by atoms with E-state index >= 15 is 0 Å². The SMILES string of the molecule is CCCN1C(=O)CCN1CC(C)C(=O)O. The second kappa shape index (κ2) is 5.11. The number of carboxylic acids is 1. The largest absolute Gasteiger partial charge is 0.481 e. The van der Waals surface area contributed by atoms with Crippen LogP contribution in [0.2, 0.25) is 0 Å². The van der Waals surface area contributed by atoms with Crippen molar-refractivity contribution >= 4 is 11.9 Å². The Kier molecular flexibility index (Phi) is 4.08. The maximum absolute atomic E-state index is 11.5. The van der Waals surface area contributed by atoms with Gasteiger partial charge in [-0.3, -0.25) is 14.6 Å². The van der Waals surface area contributed by atoms with Crippen molar-refractivity contribution in [3.8, 4) is 0 Å². The minimum absolute atomic E-state index is 0.106. The molecule has 0 bridgehead atoms. The van der Waals surface area contributed by atoms with Crippen LogP contribution in [-0.4, -0.2) is 46.6 Å². The average Bonchev–Trinajstić information content (AvgIpc) is 2.50. The van der Waals surface area contributed by atoms with Crippen LogP contribution >= 0.6 is 0 Å². The van der Waals surface area contributed by atoms with E-state index in [4.69, 9.17) is 5.11 Å². The molecule has 1 unspecified atom stereocenters. The molecule has 0 aliphatic carbocycles. The number of aliphatic carboxylic acids is 1. The monoisotopic (exact) mass is 214 g/mol. The molecule has 0 radical (unpaired) electrons. The minimum Gasteiger partial charge on any atom is -0.481 e. The number of amides is 1. The Labute approximate surface area is 89.6 Å². The lowest BCUT2D eigenvalue weighted by molar-refractivity contribution is -0.147. The Morgan fingerprint density at radius 3 is 2.80 bits per heavy atom. The number of carbonyl (C=O) groups is 2. The Morgan fingerprint density at radius 1 is 1.60 bits per heavy atom. The molecule has 86 valence electrons. The predicted octanol–water partition coefficient (Wildman–Crippen LogP) is 0.566. The molecule has 0 aromatic carbocycles. The van der Waals surface area contributed by atoms with Crippen LogP contribution < -0.4 is 0 Å². The van der Waals surface area contributed by atoms with Crippen LogP contribution in [0.15, 0.2) is 0 Å². The van der Waals surface area contributed by atoms with Crippen LogP contribution in [0.4, 0.5) is 0 Å². The van der Waals surface area contributed by atoms with E-state index in [1.54, 1.807) is 11.9 Å². The molecular formula is C10H18N2O3. The van der Waals surface area contributed by atoms with Gasteiger partial charge in [0.05, 0.1) is 5.92 Å². The Hall–Kier alpha value is -1.10. The van der Waals surface area contributed by atoms with Gasteiger partial charge in [-0.2, -0.15) is 0 Å². The van der Waals surface area contributed by atoms with Gasteiger partial charge in [0.15, 0.2) is 0 Å². The van der Waals surface area contributed by atoms with Crippen molar-refractivity contribution in [1.29, 1.82) is 0 Å². The van der Waals surface area contributed by atoms with E-state index in [1.807, 2.05) is 11.9 Å². The standard InChI is InChI=1S/C10H18N2O3/c1-3-5-12-9(13)4-6-11(12)7-8(2)10(14)15/h8H,3-7H2,1-2H3,(H,14,15). The van der Waals surface area contributed by atoms with Crippen molar-refractivity contribution in [2.45, 2.75) is 26.7 Å². The summed E-state index contributed by atoms with van der Waals surface area (Å²) in [5.74, 6) is -1.14. The molecule has 1 N–H and O–H groups in total. The highest BCUT2D eigenvalue weighted by molar-refractivity contribution is 5.77. The molecule has 0 aromatic heterocycles. The summed E-state index contributed by atoms with van der Waals surface area (Å²) in [6, 6.07) is 0. The molecule has 5 heteroatoms. The van der Waals surface area contributed by atoms with Crippen molar-refractivity contribution in [2.75, 3.05) is 19.6 Å². The number of hydrogen-bond acceptors (Lipinski definition) is 3. The van der Waals surface area contributed by atoms with Crippen molar-refractivity contribution in [2.24, 2.45) is 5.92 Å². The molecule has 0 saturated carbocycles. The molecule has 1 rings (SSSR count).